The van der Waals surface area contributed by atoms with Crippen LogP contribution >= 0.6 is 0 Å². The van der Waals surface area contributed by atoms with Gasteiger partial charge < -0.3 is 30.7 Å². The molecular weight excluding hydrogens is 513 g/mol. The Hall–Kier alpha value is -4.72. The fourth-order valence-electron chi connectivity index (χ4n) is 5.06. The van der Waals surface area contributed by atoms with Gasteiger partial charge in [0.25, 0.3) is 0 Å². The molecule has 0 radical (unpaired) electrons. The van der Waals surface area contributed by atoms with E-state index in [-0.39, 0.29) is 23.4 Å². The van der Waals surface area contributed by atoms with Crippen molar-refractivity contribution in [3.63, 3.8) is 0 Å². The number of halogens is 1. The zero-order valence-corrected chi connectivity index (χ0v) is 21.6. The molecule has 40 heavy (non-hydrogen) atoms. The number of phenolic OH excluding ortho intramolecular Hbond substituents is 1. The number of pyridine rings is 1. The maximum absolute atomic E-state index is 13.1. The minimum atomic E-state index is -0.644. The standard InChI is InChI=1S/C30H28FN5O4/c31-21-4-6-22(7-5-21)33-30(40)35-26-8-3-18(14-28(26)38)24-15-29(39)34-27-13-19(20(16-32)12-25(24)27)11-23(37)17-36-9-1-2-10-36/h3-8,12-15,23,37-38H,1-2,9-11,17H2,(H,34,39)(H2,33,35,40)/t23-/m1/s1. The molecule has 0 bridgehead atoms. The highest BCUT2D eigenvalue weighted by Gasteiger charge is 2.19. The molecule has 0 aliphatic carbocycles. The van der Waals surface area contributed by atoms with Gasteiger partial charge in [0, 0.05) is 35.6 Å². The molecule has 204 valence electrons. The average molecular weight is 542 g/mol. The van der Waals surface area contributed by atoms with Crippen molar-refractivity contribution in [1.29, 1.82) is 5.26 Å². The molecule has 2 amide bonds. The summed E-state index contributed by atoms with van der Waals surface area (Å²) in [7, 11) is 0. The molecule has 0 saturated carbocycles. The number of urea groups is 1. The summed E-state index contributed by atoms with van der Waals surface area (Å²) in [5, 5.41) is 36.8. The van der Waals surface area contributed by atoms with Crippen LogP contribution in [0.1, 0.15) is 24.0 Å². The number of benzene rings is 3. The number of anilines is 2. The smallest absolute Gasteiger partial charge is 0.323 e. The van der Waals surface area contributed by atoms with Gasteiger partial charge in [-0.3, -0.25) is 4.79 Å². The third-order valence-corrected chi connectivity index (χ3v) is 6.97. The highest BCUT2D eigenvalue weighted by atomic mass is 19.1. The summed E-state index contributed by atoms with van der Waals surface area (Å²) in [5.41, 5.74) is 2.68. The van der Waals surface area contributed by atoms with Crippen LogP contribution in [0.2, 0.25) is 0 Å². The Kier molecular flexibility index (Phi) is 7.77. The molecular formula is C30H28FN5O4. The number of H-pyrrole nitrogens is 1. The number of carbonyl (C=O) groups is 1. The van der Waals surface area contributed by atoms with E-state index in [0.29, 0.717) is 45.4 Å². The number of nitriles is 1. The SMILES string of the molecule is N#Cc1cc2c(-c3ccc(NC(=O)Nc4ccc(F)cc4)c(O)c3)cc(=O)[nH]c2cc1C[C@@H](O)CN1CCCC1. The maximum Gasteiger partial charge on any atom is 0.323 e. The van der Waals surface area contributed by atoms with Crippen LogP contribution in [0, 0.1) is 17.1 Å². The number of aromatic nitrogens is 1. The number of aliphatic hydroxyl groups excluding tert-OH is 1. The second kappa shape index (κ2) is 11.6. The van der Waals surface area contributed by atoms with Gasteiger partial charge in [0.05, 0.1) is 23.4 Å². The molecule has 2 heterocycles. The Morgan fingerprint density at radius 3 is 2.52 bits per heavy atom. The lowest BCUT2D eigenvalue weighted by atomic mass is 9.95. The predicted octanol–water partition coefficient (Wildman–Crippen LogP) is 4.55. The van der Waals surface area contributed by atoms with Gasteiger partial charge in [0.1, 0.15) is 11.6 Å². The van der Waals surface area contributed by atoms with Gasteiger partial charge in [-0.15, -0.1) is 0 Å². The minimum absolute atomic E-state index is 0.129. The quantitative estimate of drug-likeness (QED) is 0.217. The number of phenols is 1. The van der Waals surface area contributed by atoms with E-state index in [1.807, 2.05) is 0 Å². The average Bonchev–Trinajstić information content (AvgIpc) is 3.43. The highest BCUT2D eigenvalue weighted by Crippen LogP contribution is 2.34. The fourth-order valence-corrected chi connectivity index (χ4v) is 5.06. The molecule has 3 aromatic carbocycles. The third kappa shape index (κ3) is 6.12. The molecule has 1 fully saturated rings. The number of hydrogen-bond acceptors (Lipinski definition) is 6. The molecule has 1 aliphatic rings. The van der Waals surface area contributed by atoms with Crippen molar-refractivity contribution in [2.75, 3.05) is 30.3 Å². The monoisotopic (exact) mass is 541 g/mol. The molecule has 0 unspecified atom stereocenters. The van der Waals surface area contributed by atoms with Gasteiger partial charge in [-0.05, 0) is 91.2 Å². The van der Waals surface area contributed by atoms with Crippen molar-refractivity contribution >= 4 is 28.3 Å². The number of aromatic hydroxyl groups is 1. The van der Waals surface area contributed by atoms with Gasteiger partial charge in [-0.1, -0.05) is 6.07 Å². The zero-order valence-electron chi connectivity index (χ0n) is 21.6. The van der Waals surface area contributed by atoms with Crippen LogP contribution in [0.25, 0.3) is 22.0 Å². The van der Waals surface area contributed by atoms with Crippen LogP contribution in [0.15, 0.2) is 65.5 Å². The van der Waals surface area contributed by atoms with Crippen LogP contribution in [-0.2, 0) is 6.42 Å². The van der Waals surface area contributed by atoms with Crippen LogP contribution in [-0.4, -0.2) is 51.9 Å². The second-order valence-corrected chi connectivity index (χ2v) is 9.90. The van der Waals surface area contributed by atoms with Crippen molar-refractivity contribution in [2.24, 2.45) is 0 Å². The molecule has 5 rings (SSSR count). The Morgan fingerprint density at radius 2 is 1.82 bits per heavy atom. The number of nitrogens with zero attached hydrogens (tertiary/aromatic N) is 2. The summed E-state index contributed by atoms with van der Waals surface area (Å²) >= 11 is 0. The number of β-amino-alcohol motifs (C(OH)–C–C–N with tert-alkyl or cyclic N) is 1. The van der Waals surface area contributed by atoms with E-state index < -0.39 is 18.0 Å². The van der Waals surface area contributed by atoms with E-state index in [4.69, 9.17) is 0 Å². The second-order valence-electron chi connectivity index (χ2n) is 9.90. The maximum atomic E-state index is 13.1. The Balaban J connectivity index is 1.40. The first-order chi connectivity index (χ1) is 19.3. The zero-order chi connectivity index (χ0) is 28.2. The van der Waals surface area contributed by atoms with Gasteiger partial charge in [-0.2, -0.15) is 5.26 Å². The number of nitrogens with one attached hydrogen (secondary N) is 3. The predicted molar refractivity (Wildman–Crippen MR) is 151 cm³/mol. The summed E-state index contributed by atoms with van der Waals surface area (Å²) in [4.78, 5) is 29.9. The normalized spacial score (nSPS) is 14.1. The Morgan fingerprint density at radius 1 is 1.07 bits per heavy atom. The summed E-state index contributed by atoms with van der Waals surface area (Å²) < 4.78 is 13.1. The molecule has 10 heteroatoms. The third-order valence-electron chi connectivity index (χ3n) is 6.97. The molecule has 1 aromatic heterocycles. The topological polar surface area (TPSA) is 141 Å². The number of aliphatic hydroxyl groups is 1. The van der Waals surface area contributed by atoms with E-state index in [9.17, 15) is 29.5 Å². The number of amides is 2. The molecule has 1 atom stereocenters. The van der Waals surface area contributed by atoms with Crippen molar-refractivity contribution in [2.45, 2.75) is 25.4 Å². The fraction of sp³-hybridized carbons (Fsp3) is 0.233. The van der Waals surface area contributed by atoms with E-state index in [1.165, 1.54) is 42.5 Å². The van der Waals surface area contributed by atoms with E-state index in [1.54, 1.807) is 18.2 Å². The summed E-state index contributed by atoms with van der Waals surface area (Å²) in [6.07, 6.45) is 1.87. The molecule has 5 N–H and O–H groups in total. The number of rotatable bonds is 7. The molecule has 0 spiro atoms. The minimum Gasteiger partial charge on any atom is -0.506 e. The van der Waals surface area contributed by atoms with Crippen LogP contribution in [0.4, 0.5) is 20.6 Å². The summed E-state index contributed by atoms with van der Waals surface area (Å²) in [5.74, 6) is -0.665. The lowest BCUT2D eigenvalue weighted by Crippen LogP contribution is -2.31. The van der Waals surface area contributed by atoms with Crippen LogP contribution < -0.4 is 16.2 Å². The van der Waals surface area contributed by atoms with E-state index >= 15 is 0 Å². The lowest BCUT2D eigenvalue weighted by Gasteiger charge is -2.20. The lowest BCUT2D eigenvalue weighted by molar-refractivity contribution is 0.125. The Bertz CT molecular complexity index is 1660. The molecule has 1 aliphatic heterocycles. The summed E-state index contributed by atoms with van der Waals surface area (Å²) in [6, 6.07) is 16.2. The van der Waals surface area contributed by atoms with Gasteiger partial charge >= 0.3 is 6.03 Å². The number of fused-ring (bicyclic) bond motifs is 1. The van der Waals surface area contributed by atoms with Gasteiger partial charge in [-0.25, -0.2) is 9.18 Å². The van der Waals surface area contributed by atoms with Crippen molar-refractivity contribution < 1.29 is 19.4 Å². The van der Waals surface area contributed by atoms with Crippen molar-refractivity contribution in [1.82, 2.24) is 9.88 Å². The first-order valence-corrected chi connectivity index (χ1v) is 13.0. The van der Waals surface area contributed by atoms with E-state index in [0.717, 1.165) is 25.9 Å². The van der Waals surface area contributed by atoms with Crippen molar-refractivity contribution in [3.8, 4) is 22.9 Å². The largest absolute Gasteiger partial charge is 0.506 e. The molecule has 1 saturated heterocycles. The van der Waals surface area contributed by atoms with Gasteiger partial charge in [0.15, 0.2) is 0 Å². The molecule has 4 aromatic rings. The van der Waals surface area contributed by atoms with Crippen LogP contribution in [0.5, 0.6) is 5.75 Å². The van der Waals surface area contributed by atoms with Gasteiger partial charge in [0.2, 0.25) is 5.56 Å². The first kappa shape index (κ1) is 26.9. The number of likely N-dealkylation sites (tertiary alicyclic amines) is 1. The number of carbonyl (C=O) groups excluding carboxylic acids is 1. The van der Waals surface area contributed by atoms with E-state index in [2.05, 4.69) is 26.6 Å². The summed E-state index contributed by atoms with van der Waals surface area (Å²) in [6.45, 7) is 2.44. The first-order valence-electron chi connectivity index (χ1n) is 13.0. The number of hydrogen-bond donors (Lipinski definition) is 5. The van der Waals surface area contributed by atoms with Crippen LogP contribution in [0.3, 0.4) is 0 Å². The highest BCUT2D eigenvalue weighted by molar-refractivity contribution is 6.01. The Labute approximate surface area is 229 Å². The van der Waals surface area contributed by atoms with Crippen molar-refractivity contribution in [3.05, 3.63) is 88.0 Å². The number of aromatic amines is 1. The molecule has 9 nitrogen and oxygen atoms in total.